The van der Waals surface area contributed by atoms with Crippen LogP contribution < -0.4 is 15.1 Å². The van der Waals surface area contributed by atoms with Crippen molar-refractivity contribution in [3.05, 3.63) is 59.4 Å². The van der Waals surface area contributed by atoms with Gasteiger partial charge in [-0.3, -0.25) is 9.59 Å². The summed E-state index contributed by atoms with van der Waals surface area (Å²) in [5, 5.41) is 2.85. The van der Waals surface area contributed by atoms with E-state index in [0.717, 1.165) is 42.7 Å². The van der Waals surface area contributed by atoms with E-state index in [4.69, 9.17) is 0 Å². The molecule has 2 heterocycles. The molecule has 0 bridgehead atoms. The zero-order valence-corrected chi connectivity index (χ0v) is 15.2. The summed E-state index contributed by atoms with van der Waals surface area (Å²) in [6, 6.07) is 11.5. The normalized spacial score (nSPS) is 18.7. The van der Waals surface area contributed by atoms with Gasteiger partial charge in [0.25, 0.3) is 5.91 Å². The van der Waals surface area contributed by atoms with Crippen LogP contribution in [0.1, 0.15) is 35.2 Å². The van der Waals surface area contributed by atoms with Crippen molar-refractivity contribution in [1.82, 2.24) is 5.32 Å². The Labute approximate surface area is 157 Å². The smallest absolute Gasteiger partial charge is 0.251 e. The van der Waals surface area contributed by atoms with Gasteiger partial charge in [-0.15, -0.1) is 0 Å². The van der Waals surface area contributed by atoms with E-state index in [1.807, 2.05) is 6.07 Å². The van der Waals surface area contributed by atoms with Gasteiger partial charge < -0.3 is 15.1 Å². The maximum Gasteiger partial charge on any atom is 0.251 e. The molecule has 0 spiro atoms. The highest BCUT2D eigenvalue weighted by molar-refractivity contribution is 6.07. The van der Waals surface area contributed by atoms with Crippen molar-refractivity contribution in [1.29, 1.82) is 0 Å². The van der Waals surface area contributed by atoms with Gasteiger partial charge in [-0.05, 0) is 55.2 Å². The number of anilines is 2. The fourth-order valence-corrected chi connectivity index (χ4v) is 3.88. The first-order chi connectivity index (χ1) is 13.0. The Morgan fingerprint density at radius 2 is 1.93 bits per heavy atom. The van der Waals surface area contributed by atoms with Crippen molar-refractivity contribution in [3.8, 4) is 0 Å². The van der Waals surface area contributed by atoms with Crippen molar-refractivity contribution in [3.63, 3.8) is 0 Å². The van der Waals surface area contributed by atoms with Crippen molar-refractivity contribution in [2.75, 3.05) is 23.4 Å². The van der Waals surface area contributed by atoms with Crippen LogP contribution in [-0.2, 0) is 11.3 Å². The molecule has 0 saturated carbocycles. The molecule has 0 unspecified atom stereocenters. The number of amides is 2. The first kappa shape index (κ1) is 17.5. The number of nitrogens with one attached hydrogen (secondary N) is 1. The van der Waals surface area contributed by atoms with E-state index in [9.17, 15) is 14.0 Å². The molecule has 140 valence electrons. The fourth-order valence-electron chi connectivity index (χ4n) is 3.88. The molecule has 0 aromatic heterocycles. The Morgan fingerprint density at radius 1 is 1.15 bits per heavy atom. The van der Waals surface area contributed by atoms with Gasteiger partial charge in [0, 0.05) is 25.7 Å². The average molecular weight is 367 g/mol. The van der Waals surface area contributed by atoms with E-state index in [1.54, 1.807) is 36.2 Å². The molecule has 1 fully saturated rings. The molecule has 1 atom stereocenters. The van der Waals surface area contributed by atoms with E-state index in [2.05, 4.69) is 10.2 Å². The van der Waals surface area contributed by atoms with Crippen LogP contribution in [0.4, 0.5) is 15.8 Å². The maximum atomic E-state index is 13.0. The third-order valence-electron chi connectivity index (χ3n) is 5.39. The molecule has 0 radical (unpaired) electrons. The first-order valence-electron chi connectivity index (χ1n) is 9.25. The van der Waals surface area contributed by atoms with Crippen molar-refractivity contribution >= 4 is 23.2 Å². The Bertz CT molecular complexity index is 881. The van der Waals surface area contributed by atoms with Gasteiger partial charge >= 0.3 is 0 Å². The second-order valence-corrected chi connectivity index (χ2v) is 7.11. The minimum Gasteiger partial charge on any atom is -0.358 e. The van der Waals surface area contributed by atoms with Gasteiger partial charge in [-0.1, -0.05) is 12.1 Å². The number of fused-ring (bicyclic) bond motifs is 3. The van der Waals surface area contributed by atoms with Crippen LogP contribution in [0.15, 0.2) is 42.5 Å². The number of nitrogens with zero attached hydrogens (tertiary/aromatic N) is 2. The standard InChI is InChI=1S/C21H22FN3O2/c1-24-19-12-15(20(26)23-13-14-5-8-16(22)9-6-14)7-10-17(19)25-11-3-2-4-18(25)21(24)27/h5-10,12,18H,2-4,11,13H2,1H3,(H,23,26)/t18-/m1/s1. The highest BCUT2D eigenvalue weighted by Crippen LogP contribution is 2.39. The lowest BCUT2D eigenvalue weighted by molar-refractivity contribution is -0.120. The van der Waals surface area contributed by atoms with Crippen LogP contribution in [0.2, 0.25) is 0 Å². The molecule has 2 aliphatic rings. The number of piperidine rings is 1. The molecule has 2 aromatic carbocycles. The summed E-state index contributed by atoms with van der Waals surface area (Å²) in [7, 11) is 1.77. The van der Waals surface area contributed by atoms with Crippen LogP contribution in [-0.4, -0.2) is 31.4 Å². The van der Waals surface area contributed by atoms with E-state index >= 15 is 0 Å². The summed E-state index contributed by atoms with van der Waals surface area (Å²) in [4.78, 5) is 29.1. The molecule has 1 N–H and O–H groups in total. The number of hydrogen-bond acceptors (Lipinski definition) is 3. The maximum absolute atomic E-state index is 13.0. The molecule has 2 amide bonds. The molecule has 6 heteroatoms. The molecule has 5 nitrogen and oxygen atoms in total. The van der Waals surface area contributed by atoms with Crippen LogP contribution in [0.3, 0.4) is 0 Å². The number of carbonyl (C=O) groups is 2. The molecular weight excluding hydrogens is 345 g/mol. The van der Waals surface area contributed by atoms with Crippen LogP contribution in [0.25, 0.3) is 0 Å². The number of hydrogen-bond donors (Lipinski definition) is 1. The van der Waals surface area contributed by atoms with Crippen LogP contribution in [0.5, 0.6) is 0 Å². The summed E-state index contributed by atoms with van der Waals surface area (Å²) < 4.78 is 13.0. The number of rotatable bonds is 3. The zero-order valence-electron chi connectivity index (χ0n) is 15.2. The highest BCUT2D eigenvalue weighted by atomic mass is 19.1. The predicted octanol–water partition coefficient (Wildman–Crippen LogP) is 3.09. The SMILES string of the molecule is CN1C(=O)[C@H]2CCCCN2c2ccc(C(=O)NCc3ccc(F)cc3)cc21. The Morgan fingerprint density at radius 3 is 2.70 bits per heavy atom. The number of likely N-dealkylation sites (N-methyl/N-ethyl adjacent to an activating group) is 1. The topological polar surface area (TPSA) is 52.7 Å². The molecule has 2 aromatic rings. The quantitative estimate of drug-likeness (QED) is 0.907. The van der Waals surface area contributed by atoms with Crippen LogP contribution >= 0.6 is 0 Å². The molecular formula is C21H22FN3O2. The first-order valence-corrected chi connectivity index (χ1v) is 9.25. The van der Waals surface area contributed by atoms with E-state index < -0.39 is 0 Å². The van der Waals surface area contributed by atoms with Gasteiger partial charge in [0.15, 0.2) is 0 Å². The van der Waals surface area contributed by atoms with Gasteiger partial charge in [0.2, 0.25) is 5.91 Å². The van der Waals surface area contributed by atoms with Crippen LogP contribution in [0, 0.1) is 5.82 Å². The lowest BCUT2D eigenvalue weighted by atomic mass is 9.96. The summed E-state index contributed by atoms with van der Waals surface area (Å²) in [6.45, 7) is 1.19. The third kappa shape index (κ3) is 3.27. The Balaban J connectivity index is 1.54. The Hall–Kier alpha value is -2.89. The number of halogens is 1. The molecule has 4 rings (SSSR count). The summed E-state index contributed by atoms with van der Waals surface area (Å²) in [5.74, 6) is -0.432. The molecule has 0 aliphatic carbocycles. The number of benzene rings is 2. The monoisotopic (exact) mass is 367 g/mol. The lowest BCUT2D eigenvalue weighted by Crippen LogP contribution is -2.54. The van der Waals surface area contributed by atoms with E-state index in [1.165, 1.54) is 12.1 Å². The Kier molecular flexibility index (Phi) is 4.56. The minimum absolute atomic E-state index is 0.0885. The van der Waals surface area contributed by atoms with E-state index in [-0.39, 0.29) is 23.7 Å². The van der Waals surface area contributed by atoms with E-state index in [0.29, 0.717) is 12.1 Å². The summed E-state index contributed by atoms with van der Waals surface area (Å²) in [5.41, 5.74) is 3.11. The fraction of sp³-hybridized carbons (Fsp3) is 0.333. The second-order valence-electron chi connectivity index (χ2n) is 7.11. The lowest BCUT2D eigenvalue weighted by Gasteiger charge is -2.44. The number of carbonyl (C=O) groups excluding carboxylic acids is 2. The third-order valence-corrected chi connectivity index (χ3v) is 5.39. The van der Waals surface area contributed by atoms with Gasteiger partial charge in [0.1, 0.15) is 11.9 Å². The highest BCUT2D eigenvalue weighted by Gasteiger charge is 2.37. The minimum atomic E-state index is -0.302. The van der Waals surface area contributed by atoms with Crippen molar-refractivity contribution in [2.24, 2.45) is 0 Å². The molecule has 1 saturated heterocycles. The molecule has 2 aliphatic heterocycles. The predicted molar refractivity (Wildman–Crippen MR) is 102 cm³/mol. The van der Waals surface area contributed by atoms with Gasteiger partial charge in [-0.25, -0.2) is 4.39 Å². The van der Waals surface area contributed by atoms with Crippen molar-refractivity contribution < 1.29 is 14.0 Å². The van der Waals surface area contributed by atoms with Gasteiger partial charge in [-0.2, -0.15) is 0 Å². The molecule has 27 heavy (non-hydrogen) atoms. The average Bonchev–Trinajstić information content (AvgIpc) is 2.71. The second kappa shape index (κ2) is 7.02. The summed E-state index contributed by atoms with van der Waals surface area (Å²) >= 11 is 0. The van der Waals surface area contributed by atoms with Crippen molar-refractivity contribution in [2.45, 2.75) is 31.8 Å². The summed E-state index contributed by atoms with van der Waals surface area (Å²) in [6.07, 6.45) is 3.02. The zero-order chi connectivity index (χ0) is 19.0. The largest absolute Gasteiger partial charge is 0.358 e. The van der Waals surface area contributed by atoms with Gasteiger partial charge in [0.05, 0.1) is 11.4 Å².